The Bertz CT molecular complexity index is 626. The minimum Gasteiger partial charge on any atom is -0.469 e. The Labute approximate surface area is 144 Å². The molecule has 1 aromatic rings. The summed E-state index contributed by atoms with van der Waals surface area (Å²) in [7, 11) is 1.50. The fraction of sp³-hybridized carbons (Fsp3) is 0.450. The van der Waals surface area contributed by atoms with Crippen LogP contribution in [0.5, 0.6) is 0 Å². The maximum atomic E-state index is 12.4. The van der Waals surface area contributed by atoms with Crippen molar-refractivity contribution >= 4 is 17.3 Å². The molecule has 1 heterocycles. The van der Waals surface area contributed by atoms with E-state index in [1.807, 2.05) is 12.1 Å². The largest absolute Gasteiger partial charge is 0.469 e. The van der Waals surface area contributed by atoms with Gasteiger partial charge in [0.2, 0.25) is 0 Å². The number of nitrogens with zero attached hydrogens (tertiary/aromatic N) is 1. The molecule has 0 amide bonds. The van der Waals surface area contributed by atoms with Crippen LogP contribution in [0.15, 0.2) is 48.1 Å². The van der Waals surface area contributed by atoms with Gasteiger partial charge in [-0.15, -0.1) is 0 Å². The van der Waals surface area contributed by atoms with Crippen molar-refractivity contribution in [2.24, 2.45) is 11.8 Å². The summed E-state index contributed by atoms with van der Waals surface area (Å²) in [5, 5.41) is 0. The number of allylic oxidation sites excluding steroid dienone is 3. The van der Waals surface area contributed by atoms with Crippen LogP contribution in [-0.4, -0.2) is 26.2 Å². The Morgan fingerprint density at radius 3 is 2.54 bits per heavy atom. The summed E-state index contributed by atoms with van der Waals surface area (Å²) in [5.41, 5.74) is 8.99. The highest BCUT2D eigenvalue weighted by atomic mass is 16.5. The molecule has 1 aliphatic heterocycles. The van der Waals surface area contributed by atoms with Gasteiger partial charge in [-0.1, -0.05) is 23.8 Å². The second kappa shape index (κ2) is 7.56. The third kappa shape index (κ3) is 3.64. The van der Waals surface area contributed by atoms with E-state index < -0.39 is 0 Å². The highest BCUT2D eigenvalue weighted by Gasteiger charge is 2.34. The zero-order chi connectivity index (χ0) is 16.9. The molecule has 0 saturated carbocycles. The number of piperidine rings is 1. The van der Waals surface area contributed by atoms with E-state index in [9.17, 15) is 4.79 Å². The highest BCUT2D eigenvalue weighted by molar-refractivity contribution is 5.76. The van der Waals surface area contributed by atoms with E-state index >= 15 is 0 Å². The summed E-state index contributed by atoms with van der Waals surface area (Å²) in [5.74, 6) is 0.191. The molecule has 128 valence electrons. The Morgan fingerprint density at radius 2 is 1.96 bits per heavy atom. The Kier molecular flexibility index (Phi) is 5.24. The van der Waals surface area contributed by atoms with E-state index in [-0.39, 0.29) is 11.9 Å². The molecule has 0 radical (unpaired) electrons. The summed E-state index contributed by atoms with van der Waals surface area (Å²) in [6.45, 7) is 1.93. The molecule has 24 heavy (non-hydrogen) atoms. The van der Waals surface area contributed by atoms with Crippen molar-refractivity contribution in [3.8, 4) is 0 Å². The molecular formula is C20H26N2O2. The van der Waals surface area contributed by atoms with Crippen molar-refractivity contribution < 1.29 is 9.53 Å². The summed E-state index contributed by atoms with van der Waals surface area (Å²) in [4.78, 5) is 14.8. The van der Waals surface area contributed by atoms with Crippen LogP contribution in [0.2, 0.25) is 0 Å². The second-order valence-electron chi connectivity index (χ2n) is 6.63. The number of hydrogen-bond donors (Lipinski definition) is 1. The predicted molar refractivity (Wildman–Crippen MR) is 97.8 cm³/mol. The quantitative estimate of drug-likeness (QED) is 0.679. The highest BCUT2D eigenvalue weighted by Crippen LogP contribution is 2.35. The van der Waals surface area contributed by atoms with E-state index in [1.54, 1.807) is 0 Å². The number of carbonyl (C=O) groups excluding carboxylic acids is 1. The van der Waals surface area contributed by atoms with Crippen LogP contribution in [0.1, 0.15) is 25.7 Å². The van der Waals surface area contributed by atoms with Crippen molar-refractivity contribution in [1.82, 2.24) is 0 Å². The second-order valence-corrected chi connectivity index (χ2v) is 6.63. The molecule has 1 aliphatic carbocycles. The number of benzene rings is 1. The van der Waals surface area contributed by atoms with Crippen LogP contribution in [-0.2, 0) is 9.53 Å². The van der Waals surface area contributed by atoms with Crippen molar-refractivity contribution in [3.05, 3.63) is 48.1 Å². The van der Waals surface area contributed by atoms with Crippen LogP contribution in [0, 0.1) is 11.8 Å². The van der Waals surface area contributed by atoms with Gasteiger partial charge >= 0.3 is 5.97 Å². The van der Waals surface area contributed by atoms with Crippen LogP contribution in [0.4, 0.5) is 11.4 Å². The fourth-order valence-corrected chi connectivity index (χ4v) is 3.83. The number of methoxy groups -OCH3 is 1. The Balaban J connectivity index is 1.68. The minimum atomic E-state index is -0.0893. The molecule has 0 bridgehead atoms. The van der Waals surface area contributed by atoms with Gasteiger partial charge in [-0.3, -0.25) is 4.79 Å². The van der Waals surface area contributed by atoms with E-state index in [0.717, 1.165) is 44.5 Å². The molecule has 1 aromatic carbocycles. The average Bonchev–Trinajstić information content (AvgIpc) is 2.64. The molecule has 2 N–H and O–H groups in total. The molecule has 1 fully saturated rings. The number of hydrogen-bond acceptors (Lipinski definition) is 4. The predicted octanol–water partition coefficient (Wildman–Crippen LogP) is 3.55. The van der Waals surface area contributed by atoms with E-state index in [1.165, 1.54) is 18.4 Å². The molecule has 0 spiro atoms. The first-order chi connectivity index (χ1) is 11.7. The van der Waals surface area contributed by atoms with Crippen LogP contribution in [0.25, 0.3) is 0 Å². The molecule has 4 nitrogen and oxygen atoms in total. The van der Waals surface area contributed by atoms with Gasteiger partial charge in [0.15, 0.2) is 0 Å². The molecule has 1 atom stereocenters. The Morgan fingerprint density at radius 1 is 1.25 bits per heavy atom. The normalized spacial score (nSPS) is 19.7. The number of esters is 1. The number of ether oxygens (including phenoxy) is 1. The molecule has 3 rings (SSSR count). The lowest BCUT2D eigenvalue weighted by molar-refractivity contribution is -0.146. The van der Waals surface area contributed by atoms with E-state index in [0.29, 0.717) is 5.92 Å². The van der Waals surface area contributed by atoms with E-state index in [4.69, 9.17) is 10.5 Å². The number of carbonyl (C=O) groups is 1. The zero-order valence-corrected chi connectivity index (χ0v) is 14.3. The van der Waals surface area contributed by atoms with Crippen LogP contribution < -0.4 is 10.6 Å². The summed E-state index contributed by atoms with van der Waals surface area (Å²) in [6.07, 6.45) is 10.3. The fourth-order valence-electron chi connectivity index (χ4n) is 3.83. The van der Waals surface area contributed by atoms with Crippen molar-refractivity contribution in [2.75, 3.05) is 30.8 Å². The lowest BCUT2D eigenvalue weighted by atomic mass is 9.77. The van der Waals surface area contributed by atoms with Gasteiger partial charge in [0.1, 0.15) is 0 Å². The molecule has 0 aromatic heterocycles. The van der Waals surface area contributed by atoms with Crippen molar-refractivity contribution in [3.63, 3.8) is 0 Å². The Hall–Kier alpha value is -2.23. The maximum Gasteiger partial charge on any atom is 0.313 e. The maximum absolute atomic E-state index is 12.4. The lowest BCUT2D eigenvalue weighted by Gasteiger charge is -2.37. The van der Waals surface area contributed by atoms with Crippen molar-refractivity contribution in [2.45, 2.75) is 25.7 Å². The standard InChI is InChI=1S/C20H26N2O2/c1-24-20(23)19(15-5-3-2-4-6-15)16-11-13-22(14-12-16)18-9-7-17(21)8-10-18/h2-3,5,7-10,16,19H,4,6,11-14,21H2,1H3. The van der Waals surface area contributed by atoms with Crippen LogP contribution >= 0.6 is 0 Å². The van der Waals surface area contributed by atoms with Gasteiger partial charge in [0.25, 0.3) is 0 Å². The topological polar surface area (TPSA) is 55.6 Å². The summed E-state index contributed by atoms with van der Waals surface area (Å²) >= 11 is 0. The zero-order valence-electron chi connectivity index (χ0n) is 14.3. The first kappa shape index (κ1) is 16.6. The summed E-state index contributed by atoms with van der Waals surface area (Å²) < 4.78 is 5.11. The van der Waals surface area contributed by atoms with Gasteiger partial charge in [0.05, 0.1) is 13.0 Å². The molecular weight excluding hydrogens is 300 g/mol. The summed E-state index contributed by atoms with van der Waals surface area (Å²) in [6, 6.07) is 8.03. The lowest BCUT2D eigenvalue weighted by Crippen LogP contribution is -2.39. The van der Waals surface area contributed by atoms with Crippen molar-refractivity contribution in [1.29, 1.82) is 0 Å². The minimum absolute atomic E-state index is 0.0810. The first-order valence-corrected chi connectivity index (χ1v) is 8.73. The van der Waals surface area contributed by atoms with Gasteiger partial charge in [-0.05, 0) is 55.9 Å². The third-order valence-corrected chi connectivity index (χ3v) is 5.17. The SMILES string of the molecule is COC(=O)C(C1=CC=CCC1)C1CCN(c2ccc(N)cc2)CC1. The average molecular weight is 326 g/mol. The van der Waals surface area contributed by atoms with Crippen LogP contribution in [0.3, 0.4) is 0 Å². The smallest absolute Gasteiger partial charge is 0.313 e. The molecule has 4 heteroatoms. The van der Waals surface area contributed by atoms with Gasteiger partial charge < -0.3 is 15.4 Å². The molecule has 1 unspecified atom stereocenters. The van der Waals surface area contributed by atoms with E-state index in [2.05, 4.69) is 35.3 Å². The molecule has 1 saturated heterocycles. The number of anilines is 2. The van der Waals surface area contributed by atoms with Gasteiger partial charge in [-0.25, -0.2) is 0 Å². The van der Waals surface area contributed by atoms with Gasteiger partial charge in [0, 0.05) is 24.5 Å². The third-order valence-electron chi connectivity index (χ3n) is 5.17. The number of rotatable bonds is 4. The van der Waals surface area contributed by atoms with Gasteiger partial charge in [-0.2, -0.15) is 0 Å². The first-order valence-electron chi connectivity index (χ1n) is 8.73. The monoisotopic (exact) mass is 326 g/mol. The number of nitrogen functional groups attached to an aromatic ring is 1. The number of nitrogens with two attached hydrogens (primary N) is 1. The molecule has 2 aliphatic rings.